The van der Waals surface area contributed by atoms with Gasteiger partial charge in [-0.2, -0.15) is 0 Å². The van der Waals surface area contributed by atoms with Gasteiger partial charge < -0.3 is 4.74 Å². The monoisotopic (exact) mass is 170 g/mol. The molecule has 0 amide bonds. The van der Waals surface area contributed by atoms with Crippen LogP contribution in [0.2, 0.25) is 0 Å². The summed E-state index contributed by atoms with van der Waals surface area (Å²) in [6, 6.07) is 0. The van der Waals surface area contributed by atoms with Crippen molar-refractivity contribution in [2.45, 2.75) is 39.5 Å². The zero-order chi connectivity index (χ0) is 8.97. The van der Waals surface area contributed by atoms with Gasteiger partial charge in [-0.3, -0.25) is 4.79 Å². The van der Waals surface area contributed by atoms with Crippen LogP contribution < -0.4 is 0 Å². The van der Waals surface area contributed by atoms with E-state index in [9.17, 15) is 4.79 Å². The lowest BCUT2D eigenvalue weighted by molar-refractivity contribution is -0.149. The van der Waals surface area contributed by atoms with Gasteiger partial charge in [-0.25, -0.2) is 0 Å². The lowest BCUT2D eigenvalue weighted by Crippen LogP contribution is -2.20. The first-order chi connectivity index (χ1) is 5.75. The number of rotatable bonds is 3. The van der Waals surface area contributed by atoms with Gasteiger partial charge in [0.1, 0.15) is 0 Å². The highest BCUT2D eigenvalue weighted by Gasteiger charge is 2.30. The van der Waals surface area contributed by atoms with E-state index in [1.54, 1.807) is 0 Å². The number of esters is 1. The highest BCUT2D eigenvalue weighted by molar-refractivity contribution is 5.73. The van der Waals surface area contributed by atoms with Gasteiger partial charge in [-0.15, -0.1) is 0 Å². The fraction of sp³-hybridized carbons (Fsp3) is 0.900. The molecule has 1 saturated carbocycles. The second kappa shape index (κ2) is 4.48. The molecule has 2 heteroatoms. The van der Waals surface area contributed by atoms with E-state index in [1.807, 2.05) is 6.92 Å². The summed E-state index contributed by atoms with van der Waals surface area (Å²) < 4.78 is 5.11. The van der Waals surface area contributed by atoms with Gasteiger partial charge in [0, 0.05) is 0 Å². The summed E-state index contributed by atoms with van der Waals surface area (Å²) in [5.74, 6) is 0.757. The normalized spacial score (nSPS) is 28.8. The molecule has 2 unspecified atom stereocenters. The van der Waals surface area contributed by atoms with Gasteiger partial charge in [0.05, 0.1) is 12.5 Å². The number of carbonyl (C=O) groups is 1. The van der Waals surface area contributed by atoms with Gasteiger partial charge in [0.25, 0.3) is 0 Å². The Morgan fingerprint density at radius 1 is 1.50 bits per heavy atom. The van der Waals surface area contributed by atoms with Crippen LogP contribution in [0.25, 0.3) is 0 Å². The summed E-state index contributed by atoms with van der Waals surface area (Å²) in [6.45, 7) is 4.75. The largest absolute Gasteiger partial charge is 0.465 e. The van der Waals surface area contributed by atoms with Crippen molar-refractivity contribution in [3.63, 3.8) is 0 Å². The molecule has 0 spiro atoms. The Morgan fingerprint density at radius 2 is 2.25 bits per heavy atom. The minimum absolute atomic E-state index is 0.0295. The summed E-state index contributed by atoms with van der Waals surface area (Å²) in [7, 11) is 0. The summed E-state index contributed by atoms with van der Waals surface area (Å²) >= 11 is 0. The Morgan fingerprint density at radius 3 is 2.75 bits per heavy atom. The van der Waals surface area contributed by atoms with Crippen molar-refractivity contribution in [3.8, 4) is 0 Å². The topological polar surface area (TPSA) is 26.3 Å². The molecule has 0 heterocycles. The predicted molar refractivity (Wildman–Crippen MR) is 47.8 cm³/mol. The maximum Gasteiger partial charge on any atom is 0.309 e. The van der Waals surface area contributed by atoms with Gasteiger partial charge in [-0.05, 0) is 25.2 Å². The smallest absolute Gasteiger partial charge is 0.309 e. The molecule has 0 saturated heterocycles. The number of hydrogen-bond donors (Lipinski definition) is 0. The van der Waals surface area contributed by atoms with Crippen LogP contribution in [0.5, 0.6) is 0 Å². The third-order valence-corrected chi connectivity index (χ3v) is 2.61. The fourth-order valence-corrected chi connectivity index (χ4v) is 1.81. The van der Waals surface area contributed by atoms with Crippen molar-refractivity contribution in [1.29, 1.82) is 0 Å². The second-order valence-electron chi connectivity index (χ2n) is 3.68. The van der Waals surface area contributed by atoms with Crippen molar-refractivity contribution in [2.75, 3.05) is 6.61 Å². The highest BCUT2D eigenvalue weighted by atomic mass is 16.5. The van der Waals surface area contributed by atoms with Crippen LogP contribution in [-0.2, 0) is 9.53 Å². The third kappa shape index (κ3) is 2.23. The highest BCUT2D eigenvalue weighted by Crippen LogP contribution is 2.31. The zero-order valence-corrected chi connectivity index (χ0v) is 8.01. The first-order valence-electron chi connectivity index (χ1n) is 4.92. The molecule has 0 aliphatic heterocycles. The Hall–Kier alpha value is -0.530. The molecule has 0 radical (unpaired) electrons. The lowest BCUT2D eigenvalue weighted by atomic mass is 9.99. The Labute approximate surface area is 74.3 Å². The number of ether oxygens (including phenoxy) is 1. The van der Waals surface area contributed by atoms with Crippen molar-refractivity contribution in [1.82, 2.24) is 0 Å². The van der Waals surface area contributed by atoms with E-state index in [-0.39, 0.29) is 11.9 Å². The van der Waals surface area contributed by atoms with Crippen LogP contribution in [0.3, 0.4) is 0 Å². The number of carbonyl (C=O) groups excluding carboxylic acids is 1. The van der Waals surface area contributed by atoms with Crippen LogP contribution >= 0.6 is 0 Å². The molecule has 1 fully saturated rings. The SMILES string of the molecule is CCCOC(=O)C1CCCC1C. The Bertz CT molecular complexity index is 154. The van der Waals surface area contributed by atoms with E-state index in [1.165, 1.54) is 12.8 Å². The fourth-order valence-electron chi connectivity index (χ4n) is 1.81. The molecule has 0 aromatic carbocycles. The summed E-state index contributed by atoms with van der Waals surface area (Å²) in [5, 5.41) is 0. The first kappa shape index (κ1) is 9.56. The van der Waals surface area contributed by atoms with Crippen LogP contribution in [-0.4, -0.2) is 12.6 Å². The Kier molecular flexibility index (Phi) is 3.57. The van der Waals surface area contributed by atoms with Gasteiger partial charge in [0.2, 0.25) is 0 Å². The van der Waals surface area contributed by atoms with Crippen molar-refractivity contribution in [2.24, 2.45) is 11.8 Å². The molecule has 12 heavy (non-hydrogen) atoms. The maximum atomic E-state index is 11.4. The van der Waals surface area contributed by atoms with Crippen LogP contribution in [0, 0.1) is 11.8 Å². The molecule has 0 aromatic rings. The maximum absolute atomic E-state index is 11.4. The molecule has 2 atom stereocenters. The number of hydrogen-bond acceptors (Lipinski definition) is 2. The molecule has 70 valence electrons. The van der Waals surface area contributed by atoms with E-state index >= 15 is 0 Å². The Balaban J connectivity index is 2.30. The molecular weight excluding hydrogens is 152 g/mol. The summed E-state index contributed by atoms with van der Waals surface area (Å²) in [6.07, 6.45) is 4.33. The molecule has 1 aliphatic carbocycles. The predicted octanol–water partition coefficient (Wildman–Crippen LogP) is 2.38. The van der Waals surface area contributed by atoms with Crippen LogP contribution in [0.15, 0.2) is 0 Å². The summed E-state index contributed by atoms with van der Waals surface area (Å²) in [4.78, 5) is 11.4. The van der Waals surface area contributed by atoms with E-state index < -0.39 is 0 Å². The quantitative estimate of drug-likeness (QED) is 0.608. The molecule has 0 bridgehead atoms. The molecule has 1 rings (SSSR count). The summed E-state index contributed by atoms with van der Waals surface area (Å²) in [5.41, 5.74) is 0. The lowest BCUT2D eigenvalue weighted by Gasteiger charge is -2.13. The average Bonchev–Trinajstić information content (AvgIpc) is 2.47. The molecule has 0 N–H and O–H groups in total. The van der Waals surface area contributed by atoms with E-state index in [2.05, 4.69) is 6.92 Å². The standard InChI is InChI=1S/C10H18O2/c1-3-7-12-10(11)9-6-4-5-8(9)2/h8-9H,3-7H2,1-2H3. The van der Waals surface area contributed by atoms with Crippen LogP contribution in [0.1, 0.15) is 39.5 Å². The minimum Gasteiger partial charge on any atom is -0.465 e. The minimum atomic E-state index is 0.0295. The van der Waals surface area contributed by atoms with Crippen LogP contribution in [0.4, 0.5) is 0 Å². The molecule has 2 nitrogen and oxygen atoms in total. The van der Waals surface area contributed by atoms with Crippen molar-refractivity contribution < 1.29 is 9.53 Å². The van der Waals surface area contributed by atoms with Gasteiger partial charge in [-0.1, -0.05) is 20.3 Å². The molecular formula is C10H18O2. The van der Waals surface area contributed by atoms with Crippen molar-refractivity contribution >= 4 is 5.97 Å². The zero-order valence-electron chi connectivity index (χ0n) is 8.01. The van der Waals surface area contributed by atoms with Crippen molar-refractivity contribution in [3.05, 3.63) is 0 Å². The first-order valence-corrected chi connectivity index (χ1v) is 4.92. The molecule has 0 aromatic heterocycles. The molecule has 1 aliphatic rings. The van der Waals surface area contributed by atoms with E-state index in [4.69, 9.17) is 4.74 Å². The van der Waals surface area contributed by atoms with E-state index in [0.717, 1.165) is 12.8 Å². The second-order valence-corrected chi connectivity index (χ2v) is 3.68. The van der Waals surface area contributed by atoms with E-state index in [0.29, 0.717) is 12.5 Å². The van der Waals surface area contributed by atoms with Gasteiger partial charge >= 0.3 is 5.97 Å². The van der Waals surface area contributed by atoms with Gasteiger partial charge in [0.15, 0.2) is 0 Å². The third-order valence-electron chi connectivity index (χ3n) is 2.61. The average molecular weight is 170 g/mol.